The smallest absolute Gasteiger partial charge is 0.315 e. The Morgan fingerprint density at radius 1 is 1.14 bits per heavy atom. The van der Waals surface area contributed by atoms with Gasteiger partial charge in [-0.25, -0.2) is 0 Å². The molecule has 2 aromatic carbocycles. The van der Waals surface area contributed by atoms with Gasteiger partial charge in [0.15, 0.2) is 17.3 Å². The van der Waals surface area contributed by atoms with Crippen LogP contribution in [0.15, 0.2) is 66.0 Å². The van der Waals surface area contributed by atoms with Crippen molar-refractivity contribution < 1.29 is 23.8 Å². The number of benzene rings is 2. The number of nitrogens with one attached hydrogen (secondary N) is 1. The van der Waals surface area contributed by atoms with Crippen molar-refractivity contribution in [1.29, 1.82) is 0 Å². The van der Waals surface area contributed by atoms with Crippen LogP contribution in [-0.2, 0) is 20.9 Å². The maximum Gasteiger partial charge on any atom is 0.315 e. The Hall–Kier alpha value is -3.25. The summed E-state index contributed by atoms with van der Waals surface area (Å²) in [5.41, 5.74) is 3.46. The van der Waals surface area contributed by atoms with Crippen molar-refractivity contribution in [3.8, 4) is 11.5 Å². The summed E-state index contributed by atoms with van der Waals surface area (Å²) in [7, 11) is 2.90. The Labute approximate surface area is 210 Å². The molecular weight excluding hydrogens is 466 g/mol. The van der Waals surface area contributed by atoms with Gasteiger partial charge < -0.3 is 19.5 Å². The summed E-state index contributed by atoms with van der Waals surface area (Å²) in [4.78, 5) is 26.2. The van der Waals surface area contributed by atoms with Crippen molar-refractivity contribution in [3.63, 3.8) is 0 Å². The van der Waals surface area contributed by atoms with E-state index in [4.69, 9.17) is 25.8 Å². The fraction of sp³-hybridized carbons (Fsp3) is 0.357. The van der Waals surface area contributed by atoms with Gasteiger partial charge >= 0.3 is 5.97 Å². The minimum atomic E-state index is -0.744. The van der Waals surface area contributed by atoms with Gasteiger partial charge in [-0.05, 0) is 47.2 Å². The van der Waals surface area contributed by atoms with E-state index in [1.807, 2.05) is 36.4 Å². The van der Waals surface area contributed by atoms with Gasteiger partial charge in [0.1, 0.15) is 12.5 Å². The highest BCUT2D eigenvalue weighted by molar-refractivity contribution is 6.30. The number of hydrogen-bond donors (Lipinski definition) is 1. The van der Waals surface area contributed by atoms with E-state index in [2.05, 4.69) is 25.7 Å². The first kappa shape index (κ1) is 24.9. The molecule has 1 heterocycles. The summed E-state index contributed by atoms with van der Waals surface area (Å²) in [6.07, 6.45) is 1.10. The number of hydrogen-bond acceptors (Lipinski definition) is 6. The Morgan fingerprint density at radius 2 is 1.91 bits per heavy atom. The lowest BCUT2D eigenvalue weighted by Gasteiger charge is -2.42. The third kappa shape index (κ3) is 5.08. The van der Waals surface area contributed by atoms with Crippen LogP contribution in [0.3, 0.4) is 0 Å². The Bertz CT molecular complexity index is 1220. The predicted octanol–water partition coefficient (Wildman–Crippen LogP) is 5.56. The predicted molar refractivity (Wildman–Crippen MR) is 134 cm³/mol. The van der Waals surface area contributed by atoms with E-state index in [1.54, 1.807) is 13.2 Å². The highest BCUT2D eigenvalue weighted by Gasteiger charge is 2.46. The topological polar surface area (TPSA) is 73.9 Å². The number of Topliss-reactive ketones (excluding diaryl/α,β-unsaturated/α-hetero) is 1. The van der Waals surface area contributed by atoms with Crippen LogP contribution in [-0.4, -0.2) is 26.0 Å². The Kier molecular flexibility index (Phi) is 6.95. The van der Waals surface area contributed by atoms with E-state index >= 15 is 0 Å². The Balaban J connectivity index is 1.73. The van der Waals surface area contributed by atoms with Crippen molar-refractivity contribution in [2.75, 3.05) is 14.2 Å². The molecule has 2 atom stereocenters. The number of rotatable bonds is 6. The van der Waals surface area contributed by atoms with E-state index < -0.39 is 17.8 Å². The van der Waals surface area contributed by atoms with E-state index in [1.165, 1.54) is 7.11 Å². The van der Waals surface area contributed by atoms with Crippen molar-refractivity contribution in [3.05, 3.63) is 82.2 Å². The van der Waals surface area contributed by atoms with Crippen molar-refractivity contribution >= 4 is 23.4 Å². The summed E-state index contributed by atoms with van der Waals surface area (Å²) in [5.74, 6) is -0.656. The molecular formula is C28H30ClNO5. The molecule has 35 heavy (non-hydrogen) atoms. The number of esters is 1. The molecule has 0 spiro atoms. The number of methoxy groups -OCH3 is 2. The fourth-order valence-corrected chi connectivity index (χ4v) is 5.21. The Morgan fingerprint density at radius 3 is 2.60 bits per heavy atom. The standard InChI is InChI=1S/C28H30ClNO5/c1-16-24(27(32)34-5)25(26-20(30-16)13-28(2,3)14-21(26)31)18-9-10-22(23(12-18)33-4)35-15-17-7-6-8-19(29)11-17/h6-12,24-25,30H,1,13-15H2,2-5H3. The average Bonchev–Trinajstić information content (AvgIpc) is 2.80. The molecule has 7 heteroatoms. The molecule has 0 bridgehead atoms. The third-order valence-electron chi connectivity index (χ3n) is 6.54. The van der Waals surface area contributed by atoms with E-state index in [9.17, 15) is 9.59 Å². The van der Waals surface area contributed by atoms with Crippen LogP contribution < -0.4 is 14.8 Å². The zero-order chi connectivity index (χ0) is 25.3. The third-order valence-corrected chi connectivity index (χ3v) is 6.77. The van der Waals surface area contributed by atoms with E-state index in [0.717, 1.165) is 16.8 Å². The van der Waals surface area contributed by atoms with Gasteiger partial charge in [-0.3, -0.25) is 9.59 Å². The van der Waals surface area contributed by atoms with E-state index in [-0.39, 0.29) is 11.2 Å². The molecule has 184 valence electrons. The first-order chi connectivity index (χ1) is 16.6. The second kappa shape index (κ2) is 9.78. The summed E-state index contributed by atoms with van der Waals surface area (Å²) in [6.45, 7) is 8.55. The van der Waals surface area contributed by atoms with Gasteiger partial charge in [-0.15, -0.1) is 0 Å². The molecule has 0 amide bonds. The minimum absolute atomic E-state index is 0.0235. The van der Waals surface area contributed by atoms with Crippen LogP contribution in [0.5, 0.6) is 11.5 Å². The highest BCUT2D eigenvalue weighted by Crippen LogP contribution is 2.49. The maximum atomic E-state index is 13.4. The lowest BCUT2D eigenvalue weighted by molar-refractivity contribution is -0.144. The molecule has 2 unspecified atom stereocenters. The van der Waals surface area contributed by atoms with Gasteiger partial charge in [0, 0.05) is 34.3 Å². The molecule has 0 saturated carbocycles. The molecule has 0 saturated heterocycles. The minimum Gasteiger partial charge on any atom is -0.493 e. The highest BCUT2D eigenvalue weighted by atomic mass is 35.5. The first-order valence-electron chi connectivity index (χ1n) is 11.5. The molecule has 0 aromatic heterocycles. The lowest BCUT2D eigenvalue weighted by Crippen LogP contribution is -2.43. The molecule has 2 aromatic rings. The van der Waals surface area contributed by atoms with Crippen LogP contribution in [0, 0.1) is 11.3 Å². The first-order valence-corrected chi connectivity index (χ1v) is 11.9. The molecule has 6 nitrogen and oxygen atoms in total. The molecule has 2 aliphatic rings. The lowest BCUT2D eigenvalue weighted by atomic mass is 9.66. The van der Waals surface area contributed by atoms with Crippen LogP contribution in [0.25, 0.3) is 0 Å². The second-order valence-electron chi connectivity index (χ2n) is 9.79. The molecule has 4 rings (SSSR count). The molecule has 1 aliphatic carbocycles. The monoisotopic (exact) mass is 495 g/mol. The van der Waals surface area contributed by atoms with Gasteiger partial charge in [0.05, 0.1) is 14.2 Å². The number of ketones is 1. The van der Waals surface area contributed by atoms with Gasteiger partial charge in [-0.1, -0.05) is 50.2 Å². The molecule has 0 radical (unpaired) electrons. The summed E-state index contributed by atoms with van der Waals surface area (Å²) in [5, 5.41) is 3.89. The largest absolute Gasteiger partial charge is 0.493 e. The number of allylic oxidation sites excluding steroid dienone is 2. The number of ether oxygens (including phenoxy) is 3. The summed E-state index contributed by atoms with van der Waals surface area (Å²) >= 11 is 6.08. The SMILES string of the molecule is C=C1NC2=C(C(=O)CC(C)(C)C2)C(c2ccc(OCc3cccc(Cl)c3)c(OC)c2)C1C(=O)OC. The summed E-state index contributed by atoms with van der Waals surface area (Å²) in [6, 6.07) is 12.9. The van der Waals surface area contributed by atoms with Crippen molar-refractivity contribution in [2.24, 2.45) is 11.3 Å². The van der Waals surface area contributed by atoms with Crippen LogP contribution in [0.1, 0.15) is 43.7 Å². The van der Waals surface area contributed by atoms with Crippen molar-refractivity contribution in [2.45, 2.75) is 39.2 Å². The molecule has 1 N–H and O–H groups in total. The van der Waals surface area contributed by atoms with Gasteiger partial charge in [0.25, 0.3) is 0 Å². The number of carbonyl (C=O) groups excluding carboxylic acids is 2. The number of carbonyl (C=O) groups is 2. The average molecular weight is 496 g/mol. The van der Waals surface area contributed by atoms with Crippen LogP contribution in [0.2, 0.25) is 5.02 Å². The van der Waals surface area contributed by atoms with E-state index in [0.29, 0.717) is 47.2 Å². The number of halogens is 1. The van der Waals surface area contributed by atoms with Crippen molar-refractivity contribution in [1.82, 2.24) is 5.32 Å². The van der Waals surface area contributed by atoms with Crippen LogP contribution >= 0.6 is 11.6 Å². The van der Waals surface area contributed by atoms with Crippen LogP contribution in [0.4, 0.5) is 0 Å². The van der Waals surface area contributed by atoms with Gasteiger partial charge in [-0.2, -0.15) is 0 Å². The second-order valence-corrected chi connectivity index (χ2v) is 10.2. The fourth-order valence-electron chi connectivity index (χ4n) is 5.00. The quantitative estimate of drug-likeness (QED) is 0.529. The van der Waals surface area contributed by atoms with Gasteiger partial charge in [0.2, 0.25) is 0 Å². The molecule has 0 fully saturated rings. The molecule has 1 aliphatic heterocycles. The summed E-state index contributed by atoms with van der Waals surface area (Å²) < 4.78 is 16.7. The zero-order valence-corrected chi connectivity index (χ0v) is 21.2. The maximum absolute atomic E-state index is 13.4. The normalized spacial score (nSPS) is 21.2. The zero-order valence-electron chi connectivity index (χ0n) is 20.4.